The third kappa shape index (κ3) is 5.33. The van der Waals surface area contributed by atoms with Gasteiger partial charge in [-0.2, -0.15) is 0 Å². The van der Waals surface area contributed by atoms with Crippen molar-refractivity contribution in [2.24, 2.45) is 5.73 Å². The predicted molar refractivity (Wildman–Crippen MR) is 83.0 cm³/mol. The van der Waals surface area contributed by atoms with Gasteiger partial charge in [-0.3, -0.25) is 9.59 Å². The highest BCUT2D eigenvalue weighted by Crippen LogP contribution is 2.38. The van der Waals surface area contributed by atoms with Gasteiger partial charge >= 0.3 is 0 Å². The number of carbonyl (C=O) groups excluding carboxylic acids is 2. The number of hydrogen-bond acceptors (Lipinski definition) is 6. The number of nitrogens with one attached hydrogen (secondary N) is 1. The van der Waals surface area contributed by atoms with Gasteiger partial charge < -0.3 is 30.0 Å². The molecule has 0 heterocycles. The molecule has 2 amide bonds. The molecule has 1 rings (SSSR count). The summed E-state index contributed by atoms with van der Waals surface area (Å²) in [5, 5.41) is 2.78. The van der Waals surface area contributed by atoms with Crippen LogP contribution in [0.4, 0.5) is 0 Å². The third-order valence-corrected chi connectivity index (χ3v) is 2.88. The molecule has 0 aliphatic rings. The van der Waals surface area contributed by atoms with Crippen molar-refractivity contribution in [3.8, 4) is 17.2 Å². The lowest BCUT2D eigenvalue weighted by molar-refractivity contribution is -0.120. The van der Waals surface area contributed by atoms with E-state index >= 15 is 0 Å². The Kier molecular flexibility index (Phi) is 7.14. The Hall–Kier alpha value is -2.48. The van der Waals surface area contributed by atoms with Gasteiger partial charge in [-0.05, 0) is 19.1 Å². The van der Waals surface area contributed by atoms with E-state index in [0.717, 1.165) is 0 Å². The molecule has 0 aliphatic carbocycles. The number of methoxy groups -OCH3 is 3. The van der Waals surface area contributed by atoms with Crippen LogP contribution in [0.25, 0.3) is 0 Å². The Morgan fingerprint density at radius 2 is 1.74 bits per heavy atom. The Morgan fingerprint density at radius 1 is 1.17 bits per heavy atom. The molecule has 23 heavy (non-hydrogen) atoms. The average molecular weight is 326 g/mol. The number of amides is 2. The quantitative estimate of drug-likeness (QED) is 0.677. The Morgan fingerprint density at radius 3 is 2.17 bits per heavy atom. The molecule has 0 aromatic heterocycles. The number of primary amides is 1. The number of rotatable bonds is 9. The van der Waals surface area contributed by atoms with Crippen LogP contribution in [0.1, 0.15) is 17.3 Å². The van der Waals surface area contributed by atoms with Gasteiger partial charge in [0.1, 0.15) is 0 Å². The summed E-state index contributed by atoms with van der Waals surface area (Å²) in [7, 11) is 4.39. The number of carbonyl (C=O) groups is 2. The summed E-state index contributed by atoms with van der Waals surface area (Å²) in [6.07, 6.45) is 0. The largest absolute Gasteiger partial charge is 0.493 e. The Balaban J connectivity index is 3.07. The maximum atomic E-state index is 12.3. The normalized spacial score (nSPS) is 11.5. The van der Waals surface area contributed by atoms with E-state index in [1.165, 1.54) is 26.4 Å². The Labute approximate surface area is 134 Å². The molecular formula is C15H22N2O6. The van der Waals surface area contributed by atoms with Crippen LogP contribution in [0, 0.1) is 0 Å². The van der Waals surface area contributed by atoms with E-state index in [-0.39, 0.29) is 35.8 Å². The zero-order valence-electron chi connectivity index (χ0n) is 13.7. The highest BCUT2D eigenvalue weighted by Gasteiger charge is 2.19. The highest BCUT2D eigenvalue weighted by molar-refractivity contribution is 5.95. The zero-order valence-corrected chi connectivity index (χ0v) is 13.7. The summed E-state index contributed by atoms with van der Waals surface area (Å²) in [5.74, 6) is -0.225. The van der Waals surface area contributed by atoms with Crippen molar-refractivity contribution in [1.29, 1.82) is 0 Å². The van der Waals surface area contributed by atoms with Crippen molar-refractivity contribution >= 4 is 11.8 Å². The maximum Gasteiger partial charge on any atom is 0.255 e. The lowest BCUT2D eigenvalue weighted by Gasteiger charge is -2.17. The summed E-state index contributed by atoms with van der Waals surface area (Å²) < 4.78 is 20.7. The zero-order chi connectivity index (χ0) is 17.4. The van der Waals surface area contributed by atoms with E-state index in [2.05, 4.69) is 5.32 Å². The first-order valence-electron chi connectivity index (χ1n) is 6.89. The first-order valence-corrected chi connectivity index (χ1v) is 6.89. The summed E-state index contributed by atoms with van der Waals surface area (Å²) in [4.78, 5) is 23.1. The molecule has 0 unspecified atom stereocenters. The van der Waals surface area contributed by atoms with E-state index in [1.54, 1.807) is 7.11 Å². The molecule has 0 aliphatic heterocycles. The fourth-order valence-electron chi connectivity index (χ4n) is 1.90. The molecule has 0 saturated carbocycles. The minimum absolute atomic E-state index is 0.157. The van der Waals surface area contributed by atoms with Crippen LogP contribution >= 0.6 is 0 Å². The van der Waals surface area contributed by atoms with Crippen LogP contribution in [0.5, 0.6) is 17.2 Å². The van der Waals surface area contributed by atoms with E-state index in [4.69, 9.17) is 24.7 Å². The molecule has 8 heteroatoms. The van der Waals surface area contributed by atoms with Crippen molar-refractivity contribution in [2.75, 3.05) is 34.5 Å². The Bertz CT molecular complexity index is 536. The van der Waals surface area contributed by atoms with Gasteiger partial charge in [-0.1, -0.05) is 0 Å². The van der Waals surface area contributed by atoms with Crippen molar-refractivity contribution in [1.82, 2.24) is 5.32 Å². The minimum atomic E-state index is -0.635. The number of benzene rings is 1. The molecule has 128 valence electrons. The fraction of sp³-hybridized carbons (Fsp3) is 0.467. The van der Waals surface area contributed by atoms with Crippen LogP contribution in [-0.4, -0.2) is 52.4 Å². The molecule has 8 nitrogen and oxygen atoms in total. The second-order valence-corrected chi connectivity index (χ2v) is 4.79. The molecule has 1 aromatic carbocycles. The van der Waals surface area contributed by atoms with Crippen molar-refractivity contribution in [3.63, 3.8) is 0 Å². The van der Waals surface area contributed by atoms with Crippen LogP contribution in [0.15, 0.2) is 12.1 Å². The lowest BCUT2D eigenvalue weighted by Crippen LogP contribution is -2.35. The molecule has 0 spiro atoms. The van der Waals surface area contributed by atoms with Gasteiger partial charge in [-0.25, -0.2) is 0 Å². The smallest absolute Gasteiger partial charge is 0.255 e. The summed E-state index contributed by atoms with van der Waals surface area (Å²) >= 11 is 0. The van der Waals surface area contributed by atoms with E-state index in [0.29, 0.717) is 12.2 Å². The maximum absolute atomic E-state index is 12.3. The minimum Gasteiger partial charge on any atom is -0.493 e. The summed E-state index contributed by atoms with van der Waals surface area (Å²) in [6.45, 7) is 1.88. The van der Waals surface area contributed by atoms with Crippen LogP contribution in [-0.2, 0) is 9.53 Å². The topological polar surface area (TPSA) is 109 Å². The summed E-state index contributed by atoms with van der Waals surface area (Å²) in [6, 6.07) is 2.83. The van der Waals surface area contributed by atoms with Gasteiger partial charge in [0.25, 0.3) is 11.8 Å². The van der Waals surface area contributed by atoms with E-state index < -0.39 is 5.91 Å². The number of hydrogen-bond donors (Lipinski definition) is 2. The van der Waals surface area contributed by atoms with Crippen LogP contribution in [0.2, 0.25) is 0 Å². The molecule has 0 fully saturated rings. The highest BCUT2D eigenvalue weighted by atomic mass is 16.5. The van der Waals surface area contributed by atoms with Crippen molar-refractivity contribution in [2.45, 2.75) is 13.0 Å². The van der Waals surface area contributed by atoms with Gasteiger partial charge in [-0.15, -0.1) is 0 Å². The molecule has 0 bridgehead atoms. The predicted octanol–water partition coefficient (Wildman–Crippen LogP) is 0.333. The fourth-order valence-corrected chi connectivity index (χ4v) is 1.90. The van der Waals surface area contributed by atoms with Gasteiger partial charge in [0.15, 0.2) is 18.1 Å². The van der Waals surface area contributed by atoms with Gasteiger partial charge in [0.2, 0.25) is 5.75 Å². The average Bonchev–Trinajstić information content (AvgIpc) is 2.51. The second kappa shape index (κ2) is 8.84. The monoisotopic (exact) mass is 326 g/mol. The first kappa shape index (κ1) is 18.6. The van der Waals surface area contributed by atoms with Crippen molar-refractivity contribution < 1.29 is 28.5 Å². The van der Waals surface area contributed by atoms with Gasteiger partial charge in [0.05, 0.1) is 20.8 Å². The molecule has 0 saturated heterocycles. The van der Waals surface area contributed by atoms with Gasteiger partial charge in [0, 0.05) is 18.7 Å². The van der Waals surface area contributed by atoms with E-state index in [1.807, 2.05) is 6.92 Å². The molecule has 0 radical (unpaired) electrons. The van der Waals surface area contributed by atoms with E-state index in [9.17, 15) is 9.59 Å². The van der Waals surface area contributed by atoms with Crippen LogP contribution in [0.3, 0.4) is 0 Å². The third-order valence-electron chi connectivity index (χ3n) is 2.88. The molecular weight excluding hydrogens is 304 g/mol. The van der Waals surface area contributed by atoms with Crippen molar-refractivity contribution in [3.05, 3.63) is 17.7 Å². The molecule has 1 aromatic rings. The van der Waals surface area contributed by atoms with Crippen LogP contribution < -0.4 is 25.3 Å². The standard InChI is InChI=1S/C15H22N2O6/c1-9(7-20-2)17-15(19)10-5-11(21-3)14(12(6-10)22-4)23-8-13(16)18/h5-6,9H,7-8H2,1-4H3,(H2,16,18)(H,17,19)/t9-/m0/s1. The SMILES string of the molecule is COC[C@H](C)NC(=O)c1cc(OC)c(OCC(N)=O)c(OC)c1. The molecule has 3 N–H and O–H groups in total. The number of ether oxygens (including phenoxy) is 4. The molecule has 1 atom stereocenters. The lowest BCUT2D eigenvalue weighted by atomic mass is 10.1. The number of nitrogens with two attached hydrogens (primary N) is 1. The summed E-state index contributed by atoms with van der Waals surface area (Å²) in [5.41, 5.74) is 5.39. The first-order chi connectivity index (χ1) is 10.9. The second-order valence-electron chi connectivity index (χ2n) is 4.79.